The lowest BCUT2D eigenvalue weighted by atomic mass is 9.98. The average Bonchev–Trinajstić information content (AvgIpc) is 3.11. The third-order valence-corrected chi connectivity index (χ3v) is 8.42. The molecule has 5 rings (SSSR count). The molecule has 11 atom stereocenters. The van der Waals surface area contributed by atoms with E-state index in [1.807, 2.05) is 0 Å². The highest BCUT2D eigenvalue weighted by atomic mass is 16.7. The molecule has 2 fully saturated rings. The summed E-state index contributed by atoms with van der Waals surface area (Å²) < 4.78 is 38.6. The van der Waals surface area contributed by atoms with Crippen LogP contribution in [-0.4, -0.2) is 155 Å². The summed E-state index contributed by atoms with van der Waals surface area (Å²) in [6.45, 7) is -1.56. The Balaban J connectivity index is 1.46. The molecule has 3 aliphatic heterocycles. The topological polar surface area (TPSA) is 355 Å². The molecule has 22 nitrogen and oxygen atoms in total. The van der Waals surface area contributed by atoms with Crippen LogP contribution in [0.15, 0.2) is 36.1 Å². The molecule has 0 amide bonds. The number of carbonyl (C=O) groups excluding carboxylic acids is 2. The number of aliphatic carboxylic acids is 2. The van der Waals surface area contributed by atoms with Crippen molar-refractivity contribution in [3.8, 4) is 28.7 Å². The minimum Gasteiger partial charge on any atom is -0.508 e. The molecule has 3 aliphatic rings. The number of benzene rings is 2. The number of hydrogen-bond acceptors (Lipinski definition) is 20. The molecule has 300 valence electrons. The number of phenolic OH excluding ortho intramolecular Hbond substituents is 3. The molecule has 0 saturated carbocycles. The van der Waals surface area contributed by atoms with Crippen molar-refractivity contribution in [1.82, 2.24) is 0 Å². The van der Waals surface area contributed by atoms with Gasteiger partial charge in [0.1, 0.15) is 97.9 Å². The molecule has 1 unspecified atom stereocenters. The SMILES string of the molecule is O=C(O)CC(=O)OC[C@H]1O[C@@H](OC2=Cc3c(cc(O)cc3O[C@@H]3O[C@H](COC(=O)CC(=O)O)[C@@H](O)[C@H](O)[C@H]3O)OC2c2ccc(O)c(O)c2)[C@H](O)[C@@H](O)[C@@H]1O. The average molecular weight is 785 g/mol. The van der Waals surface area contributed by atoms with Crippen molar-refractivity contribution in [2.75, 3.05) is 13.2 Å². The van der Waals surface area contributed by atoms with Crippen LogP contribution in [-0.2, 0) is 42.9 Å². The van der Waals surface area contributed by atoms with Gasteiger partial charge in [-0.1, -0.05) is 6.07 Å². The molecule has 2 aromatic rings. The van der Waals surface area contributed by atoms with Crippen molar-refractivity contribution < 1.29 is 109 Å². The van der Waals surface area contributed by atoms with Crippen molar-refractivity contribution >= 4 is 30.0 Å². The fourth-order valence-electron chi connectivity index (χ4n) is 5.62. The zero-order valence-corrected chi connectivity index (χ0v) is 28.1. The van der Waals surface area contributed by atoms with Gasteiger partial charge in [-0.3, -0.25) is 19.2 Å². The van der Waals surface area contributed by atoms with E-state index in [-0.39, 0.29) is 28.4 Å². The molecule has 3 heterocycles. The first-order valence-corrected chi connectivity index (χ1v) is 16.2. The lowest BCUT2D eigenvalue weighted by molar-refractivity contribution is -0.294. The number of aromatic hydroxyl groups is 3. The van der Waals surface area contributed by atoms with Gasteiger partial charge in [0.2, 0.25) is 12.6 Å². The summed E-state index contributed by atoms with van der Waals surface area (Å²) in [6, 6.07) is 5.59. The highest BCUT2D eigenvalue weighted by Gasteiger charge is 2.48. The van der Waals surface area contributed by atoms with Crippen LogP contribution in [0.5, 0.6) is 28.7 Å². The fraction of sp³-hybridized carbons (Fsp3) is 0.455. The van der Waals surface area contributed by atoms with Crippen LogP contribution >= 0.6 is 0 Å². The van der Waals surface area contributed by atoms with E-state index >= 15 is 0 Å². The van der Waals surface area contributed by atoms with Crippen LogP contribution < -0.4 is 9.47 Å². The van der Waals surface area contributed by atoms with E-state index in [2.05, 4.69) is 0 Å². The summed E-state index contributed by atoms with van der Waals surface area (Å²) in [6.07, 6.45) is -20.7. The van der Waals surface area contributed by atoms with E-state index < -0.39 is 135 Å². The lowest BCUT2D eigenvalue weighted by Gasteiger charge is -2.41. The van der Waals surface area contributed by atoms with Gasteiger partial charge >= 0.3 is 23.9 Å². The van der Waals surface area contributed by atoms with Gasteiger partial charge in [-0.05, 0) is 18.2 Å². The second kappa shape index (κ2) is 16.9. The van der Waals surface area contributed by atoms with Crippen molar-refractivity contribution in [3.63, 3.8) is 0 Å². The van der Waals surface area contributed by atoms with Crippen molar-refractivity contribution in [1.29, 1.82) is 0 Å². The van der Waals surface area contributed by atoms with Gasteiger partial charge in [-0.2, -0.15) is 0 Å². The molecular formula is C33H36O22. The number of fused-ring (bicyclic) bond motifs is 1. The first-order valence-electron chi connectivity index (χ1n) is 16.2. The Labute approximate surface area is 308 Å². The molecule has 0 aromatic heterocycles. The standard InChI is InChI=1S/C33H36O22/c34-12-4-16-13(17(5-12)52-32-29(47)27(45)25(43)19(54-32)9-49-23(41)7-21(37)38)6-18(31(51-16)11-1-2-14(35)15(36)3-11)53-33-30(48)28(46)26(44)20(55-33)10-50-24(42)8-22(39)40/h1-6,19-20,25-36,43-48H,7-10H2,(H,37,38)(H,39,40)/t19-,20-,25-,26-,27+,28+,29-,30-,31?,32-,33-/m1/s1. The predicted molar refractivity (Wildman–Crippen MR) is 171 cm³/mol. The molecule has 0 aliphatic carbocycles. The molecule has 22 heteroatoms. The van der Waals surface area contributed by atoms with E-state index in [0.717, 1.165) is 24.3 Å². The summed E-state index contributed by atoms with van der Waals surface area (Å²) in [4.78, 5) is 45.2. The highest BCUT2D eigenvalue weighted by Crippen LogP contribution is 2.46. The van der Waals surface area contributed by atoms with Gasteiger partial charge in [-0.15, -0.1) is 0 Å². The Kier molecular flexibility index (Phi) is 12.5. The molecule has 55 heavy (non-hydrogen) atoms. The van der Waals surface area contributed by atoms with E-state index in [0.29, 0.717) is 0 Å². The Morgan fingerprint density at radius 2 is 1.16 bits per heavy atom. The maximum absolute atomic E-state index is 11.8. The van der Waals surface area contributed by atoms with Crippen LogP contribution in [0.25, 0.3) is 6.08 Å². The van der Waals surface area contributed by atoms with E-state index in [1.165, 1.54) is 12.1 Å². The highest BCUT2D eigenvalue weighted by molar-refractivity contribution is 5.90. The number of rotatable bonds is 13. The summed E-state index contributed by atoms with van der Waals surface area (Å²) in [5.74, 6) is -7.83. The quantitative estimate of drug-likeness (QED) is 0.0560. The Morgan fingerprint density at radius 3 is 1.67 bits per heavy atom. The maximum atomic E-state index is 11.8. The Morgan fingerprint density at radius 1 is 0.636 bits per heavy atom. The number of carboxylic acids is 2. The fourth-order valence-corrected chi connectivity index (χ4v) is 5.62. The zero-order chi connectivity index (χ0) is 40.3. The molecule has 11 N–H and O–H groups in total. The second-order valence-corrected chi connectivity index (χ2v) is 12.4. The second-order valence-electron chi connectivity index (χ2n) is 12.4. The molecule has 2 saturated heterocycles. The number of carboxylic acid groups (broad SMARTS) is 2. The normalized spacial score (nSPS) is 30.1. The van der Waals surface area contributed by atoms with Crippen molar-refractivity contribution in [2.24, 2.45) is 0 Å². The van der Waals surface area contributed by atoms with Crippen LogP contribution in [0, 0.1) is 0 Å². The first kappa shape index (κ1) is 40.7. The zero-order valence-electron chi connectivity index (χ0n) is 28.1. The minimum atomic E-state index is -1.99. The third-order valence-electron chi connectivity index (χ3n) is 8.42. The minimum absolute atomic E-state index is 0.0852. The van der Waals surface area contributed by atoms with Gasteiger partial charge in [0, 0.05) is 17.7 Å². The van der Waals surface area contributed by atoms with Gasteiger partial charge in [-0.25, -0.2) is 0 Å². The molecule has 2 aromatic carbocycles. The van der Waals surface area contributed by atoms with Crippen LogP contribution in [0.4, 0.5) is 0 Å². The van der Waals surface area contributed by atoms with Crippen molar-refractivity contribution in [3.05, 3.63) is 47.2 Å². The third kappa shape index (κ3) is 9.44. The first-order chi connectivity index (χ1) is 25.9. The van der Waals surface area contributed by atoms with E-state index in [9.17, 15) is 65.1 Å². The molecular weight excluding hydrogens is 748 g/mol. The number of aliphatic hydroxyl groups is 6. The van der Waals surface area contributed by atoms with Gasteiger partial charge in [0.15, 0.2) is 17.6 Å². The van der Waals surface area contributed by atoms with Crippen LogP contribution in [0.3, 0.4) is 0 Å². The Bertz CT molecular complexity index is 1790. The maximum Gasteiger partial charge on any atom is 0.317 e. The number of phenols is 3. The number of esters is 2. The van der Waals surface area contributed by atoms with Crippen LogP contribution in [0.2, 0.25) is 0 Å². The summed E-state index contributed by atoms with van der Waals surface area (Å²) in [5.41, 5.74) is 0.00408. The number of hydrogen-bond donors (Lipinski definition) is 11. The molecule has 0 radical (unpaired) electrons. The van der Waals surface area contributed by atoms with Gasteiger partial charge in [0.25, 0.3) is 0 Å². The van der Waals surface area contributed by atoms with E-state index in [1.54, 1.807) is 0 Å². The number of ether oxygens (including phenoxy) is 7. The summed E-state index contributed by atoms with van der Waals surface area (Å²) >= 11 is 0. The largest absolute Gasteiger partial charge is 0.508 e. The molecule has 0 spiro atoms. The Hall–Kier alpha value is -5.46. The lowest BCUT2D eigenvalue weighted by Crippen LogP contribution is -2.60. The monoisotopic (exact) mass is 784 g/mol. The van der Waals surface area contributed by atoms with E-state index in [4.69, 9.17) is 43.4 Å². The number of aliphatic hydroxyl groups excluding tert-OH is 6. The van der Waals surface area contributed by atoms with Crippen LogP contribution in [0.1, 0.15) is 30.1 Å². The summed E-state index contributed by atoms with van der Waals surface area (Å²) in [7, 11) is 0. The summed E-state index contributed by atoms with van der Waals surface area (Å²) in [5, 5.41) is 112. The number of carbonyl (C=O) groups is 4. The van der Waals surface area contributed by atoms with Gasteiger partial charge in [0.05, 0.1) is 5.56 Å². The van der Waals surface area contributed by atoms with Crippen molar-refractivity contribution in [2.45, 2.75) is 80.4 Å². The van der Waals surface area contributed by atoms with Gasteiger partial charge < -0.3 is 89.3 Å². The smallest absolute Gasteiger partial charge is 0.317 e. The molecule has 0 bridgehead atoms. The predicted octanol–water partition coefficient (Wildman–Crippen LogP) is -2.68.